The molecule has 0 heterocycles. The van der Waals surface area contributed by atoms with Crippen molar-refractivity contribution in [2.45, 2.75) is 45.6 Å². The number of esters is 1. The molecule has 0 aliphatic rings. The van der Waals surface area contributed by atoms with Gasteiger partial charge in [-0.3, -0.25) is 0 Å². The van der Waals surface area contributed by atoms with E-state index in [4.69, 9.17) is 9.84 Å². The summed E-state index contributed by atoms with van der Waals surface area (Å²) in [4.78, 5) is 22.8. The van der Waals surface area contributed by atoms with Crippen molar-refractivity contribution < 1.29 is 19.4 Å². The first-order valence-corrected chi connectivity index (χ1v) is 6.62. The molecule has 1 N–H and O–H groups in total. The number of benzene rings is 1. The lowest BCUT2D eigenvalue weighted by Gasteiger charge is -2.15. The number of carboxylic acids is 1. The third-order valence-electron chi connectivity index (χ3n) is 2.95. The fourth-order valence-electron chi connectivity index (χ4n) is 1.78. The van der Waals surface area contributed by atoms with E-state index >= 15 is 0 Å². The average Bonchev–Trinajstić information content (AvgIpc) is 2.43. The molecule has 4 heteroatoms. The molecule has 0 aliphatic heterocycles. The van der Waals surface area contributed by atoms with Crippen LogP contribution in [-0.2, 0) is 4.74 Å². The van der Waals surface area contributed by atoms with Gasteiger partial charge in [-0.1, -0.05) is 32.8 Å². The van der Waals surface area contributed by atoms with E-state index in [0.29, 0.717) is 0 Å². The summed E-state index contributed by atoms with van der Waals surface area (Å²) >= 11 is 0. The Morgan fingerprint density at radius 2 is 1.95 bits per heavy atom. The smallest absolute Gasteiger partial charge is 0.338 e. The molecule has 1 rings (SSSR count). The van der Waals surface area contributed by atoms with Crippen LogP contribution in [0.1, 0.15) is 60.2 Å². The molecule has 0 radical (unpaired) electrons. The number of unbranched alkanes of at least 4 members (excludes halogenated alkanes) is 1. The molecule has 0 aliphatic carbocycles. The Hall–Kier alpha value is -1.84. The quantitative estimate of drug-likeness (QED) is 0.765. The highest BCUT2D eigenvalue weighted by molar-refractivity contribution is 5.94. The van der Waals surface area contributed by atoms with E-state index < -0.39 is 11.9 Å². The molecular weight excluding hydrogens is 244 g/mol. The van der Waals surface area contributed by atoms with Gasteiger partial charge in [-0.15, -0.1) is 0 Å². The van der Waals surface area contributed by atoms with E-state index in [1.54, 1.807) is 12.1 Å². The van der Waals surface area contributed by atoms with E-state index in [1.165, 1.54) is 12.1 Å². The molecule has 104 valence electrons. The van der Waals surface area contributed by atoms with Crippen LogP contribution >= 0.6 is 0 Å². The Morgan fingerprint density at radius 3 is 2.53 bits per heavy atom. The van der Waals surface area contributed by atoms with Crippen molar-refractivity contribution in [3.8, 4) is 0 Å². The standard InChI is InChI=1S/C15H20O4/c1-3-5-9-13(4-2)19-15(18)12-8-6-7-11(10-12)14(16)17/h6-8,10,13H,3-5,9H2,1-2H3,(H,16,17). The highest BCUT2D eigenvalue weighted by atomic mass is 16.5. The number of hydrogen-bond acceptors (Lipinski definition) is 3. The first-order valence-electron chi connectivity index (χ1n) is 6.62. The predicted octanol–water partition coefficient (Wildman–Crippen LogP) is 3.51. The topological polar surface area (TPSA) is 63.6 Å². The van der Waals surface area contributed by atoms with Crippen LogP contribution < -0.4 is 0 Å². The molecule has 19 heavy (non-hydrogen) atoms. The molecular formula is C15H20O4. The second-order valence-corrected chi connectivity index (χ2v) is 4.46. The fraction of sp³-hybridized carbons (Fsp3) is 0.467. The van der Waals surface area contributed by atoms with Gasteiger partial charge in [0.1, 0.15) is 6.10 Å². The predicted molar refractivity (Wildman–Crippen MR) is 72.4 cm³/mol. The van der Waals surface area contributed by atoms with Gasteiger partial charge in [0.2, 0.25) is 0 Å². The maximum atomic E-state index is 11.9. The maximum Gasteiger partial charge on any atom is 0.338 e. The van der Waals surface area contributed by atoms with Crippen LogP contribution in [0.3, 0.4) is 0 Å². The van der Waals surface area contributed by atoms with Crippen LogP contribution in [-0.4, -0.2) is 23.1 Å². The minimum absolute atomic E-state index is 0.0936. The summed E-state index contributed by atoms with van der Waals surface area (Å²) in [6.07, 6.45) is 3.59. The number of aromatic carboxylic acids is 1. The molecule has 1 aromatic rings. The summed E-state index contributed by atoms with van der Waals surface area (Å²) in [7, 11) is 0. The van der Waals surface area contributed by atoms with Gasteiger partial charge in [-0.2, -0.15) is 0 Å². The van der Waals surface area contributed by atoms with Gasteiger partial charge in [0, 0.05) is 0 Å². The molecule has 1 aromatic carbocycles. The molecule has 0 saturated heterocycles. The summed E-state index contributed by atoms with van der Waals surface area (Å²) in [6.45, 7) is 4.06. The Kier molecular flexibility index (Phi) is 6.06. The maximum absolute atomic E-state index is 11.9. The summed E-state index contributed by atoms with van der Waals surface area (Å²) in [5.41, 5.74) is 0.380. The first-order chi connectivity index (χ1) is 9.08. The zero-order chi connectivity index (χ0) is 14.3. The van der Waals surface area contributed by atoms with Crippen LogP contribution in [0.2, 0.25) is 0 Å². The van der Waals surface area contributed by atoms with E-state index in [-0.39, 0.29) is 17.2 Å². The Morgan fingerprint density at radius 1 is 1.26 bits per heavy atom. The van der Waals surface area contributed by atoms with Crippen molar-refractivity contribution in [1.82, 2.24) is 0 Å². The van der Waals surface area contributed by atoms with Crippen molar-refractivity contribution >= 4 is 11.9 Å². The zero-order valence-electron chi connectivity index (χ0n) is 11.4. The van der Waals surface area contributed by atoms with Crippen LogP contribution in [0.4, 0.5) is 0 Å². The molecule has 0 aromatic heterocycles. The number of carbonyl (C=O) groups is 2. The van der Waals surface area contributed by atoms with E-state index in [0.717, 1.165) is 25.7 Å². The SMILES string of the molecule is CCCCC(CC)OC(=O)c1cccc(C(=O)O)c1. The van der Waals surface area contributed by atoms with Crippen LogP contribution in [0.5, 0.6) is 0 Å². The lowest BCUT2D eigenvalue weighted by molar-refractivity contribution is 0.0268. The Balaban J connectivity index is 2.71. The number of hydrogen-bond donors (Lipinski definition) is 1. The Bertz CT molecular complexity index is 440. The fourth-order valence-corrected chi connectivity index (χ4v) is 1.78. The highest BCUT2D eigenvalue weighted by Gasteiger charge is 2.15. The molecule has 1 atom stereocenters. The van der Waals surface area contributed by atoms with Crippen molar-refractivity contribution in [1.29, 1.82) is 0 Å². The highest BCUT2D eigenvalue weighted by Crippen LogP contribution is 2.13. The summed E-state index contributed by atoms with van der Waals surface area (Å²) < 4.78 is 5.39. The molecule has 0 bridgehead atoms. The molecule has 4 nitrogen and oxygen atoms in total. The van der Waals surface area contributed by atoms with E-state index in [2.05, 4.69) is 6.92 Å². The van der Waals surface area contributed by atoms with Gasteiger partial charge in [-0.05, 0) is 31.0 Å². The minimum atomic E-state index is -1.05. The van der Waals surface area contributed by atoms with Gasteiger partial charge >= 0.3 is 11.9 Å². The van der Waals surface area contributed by atoms with E-state index in [9.17, 15) is 9.59 Å². The number of ether oxygens (including phenoxy) is 1. The van der Waals surface area contributed by atoms with Crippen molar-refractivity contribution in [2.24, 2.45) is 0 Å². The van der Waals surface area contributed by atoms with Crippen molar-refractivity contribution in [3.05, 3.63) is 35.4 Å². The second kappa shape index (κ2) is 7.56. The van der Waals surface area contributed by atoms with Gasteiger partial charge in [0.15, 0.2) is 0 Å². The molecule has 0 saturated carbocycles. The average molecular weight is 264 g/mol. The van der Waals surface area contributed by atoms with Gasteiger partial charge in [0.05, 0.1) is 11.1 Å². The lowest BCUT2D eigenvalue weighted by atomic mass is 10.1. The van der Waals surface area contributed by atoms with Crippen LogP contribution in [0, 0.1) is 0 Å². The van der Waals surface area contributed by atoms with Gasteiger partial charge in [0.25, 0.3) is 0 Å². The lowest BCUT2D eigenvalue weighted by Crippen LogP contribution is -2.17. The summed E-state index contributed by atoms with van der Waals surface area (Å²) in [6, 6.07) is 5.92. The number of rotatable bonds is 7. The summed E-state index contributed by atoms with van der Waals surface area (Å²) in [5, 5.41) is 8.88. The van der Waals surface area contributed by atoms with Crippen molar-refractivity contribution in [2.75, 3.05) is 0 Å². The van der Waals surface area contributed by atoms with Crippen LogP contribution in [0.15, 0.2) is 24.3 Å². The monoisotopic (exact) mass is 264 g/mol. The molecule has 0 amide bonds. The van der Waals surface area contributed by atoms with Gasteiger partial charge in [-0.25, -0.2) is 9.59 Å². The Labute approximate surface area is 113 Å². The van der Waals surface area contributed by atoms with Crippen LogP contribution in [0.25, 0.3) is 0 Å². The third-order valence-corrected chi connectivity index (χ3v) is 2.95. The number of carboxylic acid groups (broad SMARTS) is 1. The number of carbonyl (C=O) groups excluding carboxylic acids is 1. The van der Waals surface area contributed by atoms with Crippen molar-refractivity contribution in [3.63, 3.8) is 0 Å². The zero-order valence-corrected chi connectivity index (χ0v) is 11.4. The second-order valence-electron chi connectivity index (χ2n) is 4.46. The normalized spacial score (nSPS) is 11.9. The molecule has 1 unspecified atom stereocenters. The minimum Gasteiger partial charge on any atom is -0.478 e. The first kappa shape index (κ1) is 15.2. The third kappa shape index (κ3) is 4.73. The largest absolute Gasteiger partial charge is 0.478 e. The summed E-state index contributed by atoms with van der Waals surface area (Å²) in [5.74, 6) is -1.50. The van der Waals surface area contributed by atoms with Gasteiger partial charge < -0.3 is 9.84 Å². The molecule has 0 fully saturated rings. The van der Waals surface area contributed by atoms with E-state index in [1.807, 2.05) is 6.92 Å². The molecule has 0 spiro atoms.